The molecule has 236 valence electrons. The molecule has 0 fully saturated rings. The lowest BCUT2D eigenvalue weighted by molar-refractivity contribution is 1.28. The van der Waals surface area contributed by atoms with Crippen molar-refractivity contribution in [1.29, 1.82) is 0 Å². The second-order valence-electron chi connectivity index (χ2n) is 12.6. The molecule has 0 radical (unpaired) electrons. The van der Waals surface area contributed by atoms with Crippen LogP contribution in [0, 0.1) is 0 Å². The molecule has 0 amide bonds. The molecule has 9 rings (SSSR count). The first kappa shape index (κ1) is 29.9. The Kier molecular flexibility index (Phi) is 7.77. The van der Waals surface area contributed by atoms with E-state index in [1.54, 1.807) is 0 Å². The van der Waals surface area contributed by atoms with Crippen LogP contribution in [-0.4, -0.2) is 0 Å². The summed E-state index contributed by atoms with van der Waals surface area (Å²) in [5.74, 6) is 0. The summed E-state index contributed by atoms with van der Waals surface area (Å²) in [7, 11) is 0. The van der Waals surface area contributed by atoms with Crippen LogP contribution in [-0.2, 0) is 0 Å². The highest BCUT2D eigenvalue weighted by Gasteiger charge is 2.16. The van der Waals surface area contributed by atoms with Crippen molar-refractivity contribution in [2.45, 2.75) is 0 Å². The Balaban J connectivity index is 1.08. The number of thiophene rings is 1. The summed E-state index contributed by atoms with van der Waals surface area (Å²) in [6, 6.07) is 72.2. The first-order valence-electron chi connectivity index (χ1n) is 17.0. The van der Waals surface area contributed by atoms with Crippen LogP contribution in [0.5, 0.6) is 0 Å². The Hall–Kier alpha value is -6.22. The molecule has 1 nitrogen and oxygen atoms in total. The molecule has 0 saturated carbocycles. The van der Waals surface area contributed by atoms with Crippen LogP contribution in [0.15, 0.2) is 200 Å². The molecule has 0 spiro atoms. The summed E-state index contributed by atoms with van der Waals surface area (Å²) in [4.78, 5) is 2.33. The molecule has 0 atom stereocenters. The van der Waals surface area contributed by atoms with Crippen LogP contribution in [0.1, 0.15) is 0 Å². The standard InChI is InChI=1S/C48H33NS/c1-4-12-34(13-5-1)35-20-22-36(23-21-35)37-24-28-41(29-25-37)49(40-16-8-3-9-17-40)42-30-26-39(27-31-42)45-33-48-46(43-18-10-11-19-47(43)50-48)32-44(45)38-14-6-2-7-15-38/h1-33H. The predicted octanol–water partition coefficient (Wildman–Crippen LogP) is 14.2. The van der Waals surface area contributed by atoms with Crippen LogP contribution in [0.3, 0.4) is 0 Å². The third kappa shape index (κ3) is 5.66. The molecule has 0 unspecified atom stereocenters. The van der Waals surface area contributed by atoms with Gasteiger partial charge in [0.25, 0.3) is 0 Å². The third-order valence-electron chi connectivity index (χ3n) is 9.50. The summed E-state index contributed by atoms with van der Waals surface area (Å²) < 4.78 is 2.63. The van der Waals surface area contributed by atoms with Crippen LogP contribution in [0.25, 0.3) is 64.7 Å². The molecule has 0 N–H and O–H groups in total. The number of nitrogens with zero attached hydrogens (tertiary/aromatic N) is 1. The van der Waals surface area contributed by atoms with Crippen molar-refractivity contribution in [3.05, 3.63) is 200 Å². The maximum Gasteiger partial charge on any atom is 0.0462 e. The van der Waals surface area contributed by atoms with E-state index in [9.17, 15) is 0 Å². The van der Waals surface area contributed by atoms with Gasteiger partial charge in [-0.2, -0.15) is 0 Å². The molecule has 0 aliphatic carbocycles. The van der Waals surface area contributed by atoms with Crippen molar-refractivity contribution in [2.75, 3.05) is 4.90 Å². The minimum atomic E-state index is 1.11. The summed E-state index contributed by atoms with van der Waals surface area (Å²) in [6.07, 6.45) is 0. The van der Waals surface area contributed by atoms with Gasteiger partial charge in [-0.1, -0.05) is 146 Å². The second-order valence-corrected chi connectivity index (χ2v) is 13.7. The highest BCUT2D eigenvalue weighted by molar-refractivity contribution is 7.25. The lowest BCUT2D eigenvalue weighted by Gasteiger charge is -2.26. The van der Waals surface area contributed by atoms with Crippen LogP contribution < -0.4 is 4.90 Å². The monoisotopic (exact) mass is 655 g/mol. The Labute approximate surface area is 297 Å². The van der Waals surface area contributed by atoms with Gasteiger partial charge in [-0.15, -0.1) is 11.3 Å². The van der Waals surface area contributed by atoms with E-state index in [4.69, 9.17) is 0 Å². The van der Waals surface area contributed by atoms with Gasteiger partial charge >= 0.3 is 0 Å². The average Bonchev–Trinajstić information content (AvgIpc) is 3.57. The van der Waals surface area contributed by atoms with Gasteiger partial charge in [-0.05, 0) is 99.1 Å². The molecule has 1 aromatic heterocycles. The second kappa shape index (κ2) is 13.0. The summed E-state index contributed by atoms with van der Waals surface area (Å²) in [6.45, 7) is 0. The van der Waals surface area contributed by atoms with Gasteiger partial charge in [-0.3, -0.25) is 0 Å². The van der Waals surface area contributed by atoms with Crippen molar-refractivity contribution in [2.24, 2.45) is 0 Å². The normalized spacial score (nSPS) is 11.2. The molecule has 0 bridgehead atoms. The highest BCUT2D eigenvalue weighted by Crippen LogP contribution is 2.43. The maximum absolute atomic E-state index is 2.39. The Morgan fingerprint density at radius 2 is 0.680 bits per heavy atom. The quantitative estimate of drug-likeness (QED) is 0.165. The summed E-state index contributed by atoms with van der Waals surface area (Å²) >= 11 is 1.87. The number of rotatable bonds is 7. The largest absolute Gasteiger partial charge is 0.311 e. The Morgan fingerprint density at radius 3 is 1.28 bits per heavy atom. The van der Waals surface area contributed by atoms with E-state index in [2.05, 4.69) is 205 Å². The van der Waals surface area contributed by atoms with E-state index in [1.165, 1.54) is 64.7 Å². The minimum absolute atomic E-state index is 1.11. The van der Waals surface area contributed by atoms with E-state index in [0.29, 0.717) is 0 Å². The molecule has 0 saturated heterocycles. The van der Waals surface area contributed by atoms with Gasteiger partial charge < -0.3 is 4.90 Å². The topological polar surface area (TPSA) is 3.24 Å². The summed E-state index contributed by atoms with van der Waals surface area (Å²) in [5, 5.41) is 2.64. The van der Waals surface area contributed by atoms with Crippen molar-refractivity contribution < 1.29 is 0 Å². The zero-order valence-electron chi connectivity index (χ0n) is 27.4. The van der Waals surface area contributed by atoms with E-state index < -0.39 is 0 Å². The van der Waals surface area contributed by atoms with Gasteiger partial charge in [0.1, 0.15) is 0 Å². The van der Waals surface area contributed by atoms with E-state index in [1.807, 2.05) is 11.3 Å². The van der Waals surface area contributed by atoms with Gasteiger partial charge in [0.05, 0.1) is 0 Å². The van der Waals surface area contributed by atoms with Crippen molar-refractivity contribution >= 4 is 48.6 Å². The fourth-order valence-electron chi connectivity index (χ4n) is 6.97. The molecular weight excluding hydrogens is 623 g/mol. The SMILES string of the molecule is c1ccc(-c2ccc(-c3ccc(N(c4ccccc4)c4ccc(-c5cc6sc7ccccc7c6cc5-c5ccccc5)cc4)cc3)cc2)cc1. The smallest absolute Gasteiger partial charge is 0.0462 e. The van der Waals surface area contributed by atoms with Gasteiger partial charge in [-0.25, -0.2) is 0 Å². The molecule has 1 heterocycles. The van der Waals surface area contributed by atoms with Gasteiger partial charge in [0.15, 0.2) is 0 Å². The molecule has 50 heavy (non-hydrogen) atoms. The van der Waals surface area contributed by atoms with E-state index >= 15 is 0 Å². The lowest BCUT2D eigenvalue weighted by atomic mass is 9.92. The molecule has 9 aromatic rings. The number of hydrogen-bond acceptors (Lipinski definition) is 2. The average molecular weight is 656 g/mol. The minimum Gasteiger partial charge on any atom is -0.311 e. The molecule has 8 aromatic carbocycles. The Bertz CT molecular complexity index is 2530. The van der Waals surface area contributed by atoms with Gasteiger partial charge in [0, 0.05) is 37.2 Å². The zero-order chi connectivity index (χ0) is 33.3. The van der Waals surface area contributed by atoms with Crippen LogP contribution in [0.2, 0.25) is 0 Å². The van der Waals surface area contributed by atoms with Crippen molar-refractivity contribution in [1.82, 2.24) is 0 Å². The van der Waals surface area contributed by atoms with Crippen LogP contribution in [0.4, 0.5) is 17.1 Å². The number of fused-ring (bicyclic) bond motifs is 3. The number of anilines is 3. The maximum atomic E-state index is 2.39. The first-order chi connectivity index (χ1) is 24.8. The lowest BCUT2D eigenvalue weighted by Crippen LogP contribution is -2.09. The predicted molar refractivity (Wildman–Crippen MR) is 216 cm³/mol. The van der Waals surface area contributed by atoms with Crippen molar-refractivity contribution in [3.63, 3.8) is 0 Å². The Morgan fingerprint density at radius 1 is 0.280 bits per heavy atom. The molecule has 0 aliphatic rings. The fourth-order valence-corrected chi connectivity index (χ4v) is 8.10. The van der Waals surface area contributed by atoms with Crippen molar-refractivity contribution in [3.8, 4) is 44.5 Å². The van der Waals surface area contributed by atoms with E-state index in [0.717, 1.165) is 17.1 Å². The summed E-state index contributed by atoms with van der Waals surface area (Å²) in [5.41, 5.74) is 13.1. The first-order valence-corrected chi connectivity index (χ1v) is 17.8. The number of para-hydroxylation sites is 1. The molecular formula is C48H33NS. The number of hydrogen-bond donors (Lipinski definition) is 0. The van der Waals surface area contributed by atoms with Crippen LogP contribution >= 0.6 is 11.3 Å². The third-order valence-corrected chi connectivity index (χ3v) is 10.6. The molecule has 2 heteroatoms. The zero-order valence-corrected chi connectivity index (χ0v) is 28.2. The van der Waals surface area contributed by atoms with E-state index in [-0.39, 0.29) is 0 Å². The fraction of sp³-hybridized carbons (Fsp3) is 0. The molecule has 0 aliphatic heterocycles. The van der Waals surface area contributed by atoms with Gasteiger partial charge in [0.2, 0.25) is 0 Å². The highest BCUT2D eigenvalue weighted by atomic mass is 32.1. The number of benzene rings is 8.